The van der Waals surface area contributed by atoms with Crippen molar-refractivity contribution in [2.45, 2.75) is 47.1 Å². The van der Waals surface area contributed by atoms with E-state index in [0.717, 1.165) is 0 Å². The molecular weight excluding hydrogens is 432 g/mol. The van der Waals surface area contributed by atoms with E-state index >= 15 is 0 Å². The van der Waals surface area contributed by atoms with Gasteiger partial charge in [0.05, 0.1) is 13.2 Å². The molecule has 1 aromatic heterocycles. The van der Waals surface area contributed by atoms with Crippen molar-refractivity contribution in [2.75, 3.05) is 20.3 Å². The second kappa shape index (κ2) is 10.1. The van der Waals surface area contributed by atoms with Gasteiger partial charge in [0.2, 0.25) is 0 Å². The molecule has 7 nitrogen and oxygen atoms in total. The SMILES string of the molecule is COCC(COC1=CC=C/C(=C\c2cc(=O)c(C(=O)O)cn2C(C)C(C)(C)C)C1=N)C1CC1C. The Morgan fingerprint density at radius 2 is 2.03 bits per heavy atom. The lowest BCUT2D eigenvalue weighted by Gasteiger charge is -2.31. The highest BCUT2D eigenvalue weighted by atomic mass is 16.5. The molecule has 0 bridgehead atoms. The van der Waals surface area contributed by atoms with Gasteiger partial charge < -0.3 is 19.1 Å². The van der Waals surface area contributed by atoms with Crippen LogP contribution in [0.2, 0.25) is 0 Å². The van der Waals surface area contributed by atoms with Gasteiger partial charge in [-0.1, -0.05) is 39.8 Å². The molecule has 2 aliphatic rings. The zero-order valence-electron chi connectivity index (χ0n) is 20.9. The number of carbonyl (C=O) groups is 1. The van der Waals surface area contributed by atoms with E-state index in [0.29, 0.717) is 42.1 Å². The number of hydrogen-bond donors (Lipinski definition) is 2. The van der Waals surface area contributed by atoms with Crippen LogP contribution in [0.25, 0.3) is 6.08 Å². The van der Waals surface area contributed by atoms with Crippen LogP contribution in [-0.4, -0.2) is 41.7 Å². The second-order valence-electron chi connectivity index (χ2n) is 10.5. The van der Waals surface area contributed by atoms with Crippen molar-refractivity contribution in [1.82, 2.24) is 4.57 Å². The van der Waals surface area contributed by atoms with Crippen molar-refractivity contribution >= 4 is 17.8 Å². The molecule has 2 N–H and O–H groups in total. The number of hydrogen-bond acceptors (Lipinski definition) is 5. The number of rotatable bonds is 9. The van der Waals surface area contributed by atoms with Crippen LogP contribution in [-0.2, 0) is 9.47 Å². The van der Waals surface area contributed by atoms with Crippen LogP contribution in [0.5, 0.6) is 0 Å². The number of carboxylic acids is 1. The summed E-state index contributed by atoms with van der Waals surface area (Å²) in [5, 5.41) is 18.2. The van der Waals surface area contributed by atoms with E-state index in [-0.39, 0.29) is 28.6 Å². The monoisotopic (exact) mass is 468 g/mol. The molecule has 184 valence electrons. The molecule has 7 heteroatoms. The highest BCUT2D eigenvalue weighted by Gasteiger charge is 2.40. The third kappa shape index (κ3) is 5.76. The Morgan fingerprint density at radius 1 is 1.35 bits per heavy atom. The van der Waals surface area contributed by atoms with Gasteiger partial charge in [0.25, 0.3) is 0 Å². The minimum atomic E-state index is -1.25. The van der Waals surface area contributed by atoms with Gasteiger partial charge in [-0.05, 0) is 42.7 Å². The molecule has 1 fully saturated rings. The Labute approximate surface area is 201 Å². The summed E-state index contributed by atoms with van der Waals surface area (Å²) < 4.78 is 13.2. The number of nitrogens with zero attached hydrogens (tertiary/aromatic N) is 1. The number of aromatic carboxylic acids is 1. The highest BCUT2D eigenvalue weighted by Crippen LogP contribution is 2.44. The number of methoxy groups -OCH3 is 1. The molecule has 4 unspecified atom stereocenters. The van der Waals surface area contributed by atoms with Crippen molar-refractivity contribution in [3.63, 3.8) is 0 Å². The molecule has 1 saturated carbocycles. The Balaban J connectivity index is 1.89. The fourth-order valence-electron chi connectivity index (χ4n) is 4.26. The van der Waals surface area contributed by atoms with Crippen LogP contribution in [0.4, 0.5) is 0 Å². The third-order valence-electron chi connectivity index (χ3n) is 6.98. The standard InChI is InChI=1S/C27H36N2O5/c1-16-10-21(16)19(14-33-6)15-34-24-9-7-8-18(25(24)28)11-20-12-23(30)22(26(31)32)13-29(20)17(2)27(3,4)5/h7-9,11-13,16-17,19,21,28H,10,14-15H2,1-6H3,(H,31,32)/b18-11+,28-25?. The minimum absolute atomic E-state index is 0.0959. The van der Waals surface area contributed by atoms with Crippen LogP contribution in [0.1, 0.15) is 63.1 Å². The normalized spacial score (nSPS) is 22.9. The van der Waals surface area contributed by atoms with E-state index in [1.165, 1.54) is 18.7 Å². The van der Waals surface area contributed by atoms with Crippen molar-refractivity contribution < 1.29 is 19.4 Å². The van der Waals surface area contributed by atoms with Gasteiger partial charge in [0, 0.05) is 42.6 Å². The lowest BCUT2D eigenvalue weighted by atomic mass is 9.87. The van der Waals surface area contributed by atoms with Crippen molar-refractivity contribution in [3.8, 4) is 0 Å². The lowest BCUT2D eigenvalue weighted by molar-refractivity contribution is 0.0693. The van der Waals surface area contributed by atoms with Crippen molar-refractivity contribution in [3.05, 3.63) is 63.3 Å². The molecule has 0 radical (unpaired) electrons. The Kier molecular flexibility index (Phi) is 7.66. The predicted molar refractivity (Wildman–Crippen MR) is 133 cm³/mol. The summed E-state index contributed by atoms with van der Waals surface area (Å²) in [5.74, 6) is 0.772. The summed E-state index contributed by atoms with van der Waals surface area (Å²) in [6, 6.07) is 1.24. The molecule has 0 saturated heterocycles. The summed E-state index contributed by atoms with van der Waals surface area (Å²) in [6.45, 7) is 11.5. The zero-order chi connectivity index (χ0) is 25.2. The van der Waals surface area contributed by atoms with E-state index in [4.69, 9.17) is 14.9 Å². The van der Waals surface area contributed by atoms with Crippen molar-refractivity contribution in [1.29, 1.82) is 5.41 Å². The van der Waals surface area contributed by atoms with E-state index in [1.807, 2.05) is 13.0 Å². The van der Waals surface area contributed by atoms with Gasteiger partial charge in [0.15, 0.2) is 5.43 Å². The molecule has 1 heterocycles. The lowest BCUT2D eigenvalue weighted by Crippen LogP contribution is -2.27. The van der Waals surface area contributed by atoms with Crippen LogP contribution >= 0.6 is 0 Å². The molecule has 2 aliphatic carbocycles. The average molecular weight is 469 g/mol. The average Bonchev–Trinajstić information content (AvgIpc) is 3.48. The third-order valence-corrected chi connectivity index (χ3v) is 6.98. The fraction of sp³-hybridized carbons (Fsp3) is 0.519. The first kappa shape index (κ1) is 25.7. The Morgan fingerprint density at radius 3 is 2.59 bits per heavy atom. The van der Waals surface area contributed by atoms with Gasteiger partial charge in [-0.3, -0.25) is 10.2 Å². The van der Waals surface area contributed by atoms with Crippen molar-refractivity contribution in [2.24, 2.45) is 23.2 Å². The minimum Gasteiger partial charge on any atom is -0.491 e. The quantitative estimate of drug-likeness (QED) is 0.534. The van der Waals surface area contributed by atoms with Gasteiger partial charge >= 0.3 is 5.97 Å². The van der Waals surface area contributed by atoms with Gasteiger partial charge in [-0.2, -0.15) is 0 Å². The van der Waals surface area contributed by atoms with E-state index in [9.17, 15) is 14.7 Å². The number of aromatic nitrogens is 1. The second-order valence-corrected chi connectivity index (χ2v) is 10.5. The molecule has 0 spiro atoms. The molecule has 3 rings (SSSR count). The number of allylic oxidation sites excluding steroid dienone is 4. The first-order valence-corrected chi connectivity index (χ1v) is 11.7. The smallest absolute Gasteiger partial charge is 0.341 e. The van der Waals surface area contributed by atoms with E-state index < -0.39 is 11.4 Å². The highest BCUT2D eigenvalue weighted by molar-refractivity contribution is 6.14. The maximum Gasteiger partial charge on any atom is 0.341 e. The molecule has 0 aliphatic heterocycles. The predicted octanol–water partition coefficient (Wildman–Crippen LogP) is 4.95. The van der Waals surface area contributed by atoms with Crippen LogP contribution in [0.15, 0.2) is 46.6 Å². The zero-order valence-corrected chi connectivity index (χ0v) is 20.9. The molecule has 0 amide bonds. The number of ether oxygens (including phenoxy) is 2. The molecular formula is C27H36N2O5. The Bertz CT molecular complexity index is 1100. The molecule has 34 heavy (non-hydrogen) atoms. The maximum absolute atomic E-state index is 12.5. The molecule has 0 aromatic carbocycles. The first-order chi connectivity index (χ1) is 15.9. The number of pyridine rings is 1. The number of nitrogens with one attached hydrogen (secondary N) is 1. The van der Waals surface area contributed by atoms with Crippen LogP contribution in [0, 0.1) is 28.6 Å². The largest absolute Gasteiger partial charge is 0.491 e. The van der Waals surface area contributed by atoms with E-state index in [2.05, 4.69) is 27.7 Å². The topological polar surface area (TPSA) is 102 Å². The van der Waals surface area contributed by atoms with Crippen LogP contribution < -0.4 is 5.43 Å². The molecule has 1 aromatic rings. The summed E-state index contributed by atoms with van der Waals surface area (Å²) in [5.41, 5.74) is 0.363. The summed E-state index contributed by atoms with van der Waals surface area (Å²) in [4.78, 5) is 24.1. The van der Waals surface area contributed by atoms with Gasteiger partial charge in [0.1, 0.15) is 17.0 Å². The van der Waals surface area contributed by atoms with Crippen LogP contribution in [0.3, 0.4) is 0 Å². The molecule has 4 atom stereocenters. The summed E-state index contributed by atoms with van der Waals surface area (Å²) >= 11 is 0. The maximum atomic E-state index is 12.5. The van der Waals surface area contributed by atoms with E-state index in [1.54, 1.807) is 29.9 Å². The van der Waals surface area contributed by atoms with Gasteiger partial charge in [-0.15, -0.1) is 0 Å². The Hall–Kier alpha value is -2.93. The summed E-state index contributed by atoms with van der Waals surface area (Å²) in [6.07, 6.45) is 9.73. The fourth-order valence-corrected chi connectivity index (χ4v) is 4.26. The summed E-state index contributed by atoms with van der Waals surface area (Å²) in [7, 11) is 1.69. The first-order valence-electron chi connectivity index (χ1n) is 11.7. The van der Waals surface area contributed by atoms with Gasteiger partial charge in [-0.25, -0.2) is 4.79 Å². The number of carboxylic acid groups (broad SMARTS) is 1.